The van der Waals surface area contributed by atoms with Crippen LogP contribution in [0.2, 0.25) is 0 Å². The van der Waals surface area contributed by atoms with E-state index in [-0.39, 0.29) is 10.9 Å². The van der Waals surface area contributed by atoms with Crippen LogP contribution in [0.25, 0.3) is 0 Å². The summed E-state index contributed by atoms with van der Waals surface area (Å²) < 4.78 is 28.1. The first-order chi connectivity index (χ1) is 11.5. The first-order valence-electron chi connectivity index (χ1n) is 7.85. The molecule has 24 heavy (non-hydrogen) atoms. The molecular formula is C16H19N5O2S. The number of hydrogen-bond donors (Lipinski definition) is 0. The molecule has 1 unspecified atom stereocenters. The summed E-state index contributed by atoms with van der Waals surface area (Å²) in [4.78, 5) is 12.7. The molecular weight excluding hydrogens is 326 g/mol. The van der Waals surface area contributed by atoms with Crippen LogP contribution >= 0.6 is 0 Å². The zero-order valence-electron chi connectivity index (χ0n) is 13.6. The second kappa shape index (κ2) is 5.34. The van der Waals surface area contributed by atoms with Crippen LogP contribution in [0.15, 0.2) is 41.7 Å². The Morgan fingerprint density at radius 1 is 1.17 bits per heavy atom. The molecule has 4 heterocycles. The summed E-state index contributed by atoms with van der Waals surface area (Å²) in [5.41, 5.74) is 1.59. The minimum atomic E-state index is -3.65. The van der Waals surface area contributed by atoms with Crippen LogP contribution in [0.4, 0.5) is 17.2 Å². The lowest BCUT2D eigenvalue weighted by atomic mass is 10.2. The lowest BCUT2D eigenvalue weighted by Crippen LogP contribution is -2.45. The van der Waals surface area contributed by atoms with Crippen molar-refractivity contribution in [2.45, 2.75) is 17.4 Å². The number of anilines is 3. The maximum atomic E-state index is 13.3. The summed E-state index contributed by atoms with van der Waals surface area (Å²) in [5, 5.41) is 0. The van der Waals surface area contributed by atoms with Crippen LogP contribution < -0.4 is 14.1 Å². The molecule has 2 aliphatic heterocycles. The minimum Gasteiger partial charge on any atom is -0.366 e. The van der Waals surface area contributed by atoms with E-state index in [1.165, 1.54) is 6.20 Å². The average molecular weight is 345 g/mol. The minimum absolute atomic E-state index is 0.0431. The Hall–Kier alpha value is -2.35. The molecule has 1 fully saturated rings. The van der Waals surface area contributed by atoms with E-state index in [1.54, 1.807) is 34.9 Å². The molecule has 2 aliphatic rings. The maximum absolute atomic E-state index is 13.3. The van der Waals surface area contributed by atoms with E-state index in [2.05, 4.69) is 14.9 Å². The zero-order chi connectivity index (χ0) is 16.9. The predicted octanol–water partition coefficient (Wildman–Crippen LogP) is 1.33. The molecule has 2 aromatic rings. The highest BCUT2D eigenvalue weighted by molar-refractivity contribution is 7.92. The summed E-state index contributed by atoms with van der Waals surface area (Å²) in [6, 6.07) is 5.09. The number of rotatable bonds is 3. The van der Waals surface area contributed by atoms with Crippen LogP contribution in [-0.2, 0) is 10.0 Å². The fourth-order valence-electron chi connectivity index (χ4n) is 3.39. The Balaban J connectivity index is 1.80. The Kier molecular flexibility index (Phi) is 3.38. The molecule has 0 radical (unpaired) electrons. The van der Waals surface area contributed by atoms with Crippen molar-refractivity contribution in [3.8, 4) is 0 Å². The predicted molar refractivity (Wildman–Crippen MR) is 93.1 cm³/mol. The van der Waals surface area contributed by atoms with E-state index >= 15 is 0 Å². The van der Waals surface area contributed by atoms with Gasteiger partial charge in [0, 0.05) is 39.6 Å². The van der Waals surface area contributed by atoms with Gasteiger partial charge < -0.3 is 9.80 Å². The van der Waals surface area contributed by atoms with Gasteiger partial charge in [0.1, 0.15) is 10.7 Å². The Morgan fingerprint density at radius 2 is 2.00 bits per heavy atom. The highest BCUT2D eigenvalue weighted by Crippen LogP contribution is 2.42. The third-order valence-corrected chi connectivity index (χ3v) is 6.44. The van der Waals surface area contributed by atoms with Gasteiger partial charge in [-0.1, -0.05) is 0 Å². The number of hydrogen-bond acceptors (Lipinski definition) is 6. The maximum Gasteiger partial charge on any atom is 0.266 e. The standard InChI is InChI=1S/C16H19N5O2S/c1-19(2)16-4-3-13(9-18-16)24(22,23)21-12-6-8-20(11-12)15-10-17-7-5-14(15)21/h3-5,7,9-10,12H,6,8,11H2,1-2H3. The normalized spacial score (nSPS) is 19.3. The summed E-state index contributed by atoms with van der Waals surface area (Å²) in [5.74, 6) is 0.726. The van der Waals surface area contributed by atoms with E-state index in [4.69, 9.17) is 0 Å². The SMILES string of the molecule is CN(C)c1ccc(S(=O)(=O)N2c3ccncc3N3CCC2C3)cn1. The smallest absolute Gasteiger partial charge is 0.266 e. The molecule has 0 spiro atoms. The number of fused-ring (bicyclic) bond motifs is 4. The molecule has 0 aliphatic carbocycles. The van der Waals surface area contributed by atoms with Gasteiger partial charge in [-0.3, -0.25) is 9.29 Å². The van der Waals surface area contributed by atoms with Crippen LogP contribution in [0, 0.1) is 0 Å². The Morgan fingerprint density at radius 3 is 2.71 bits per heavy atom. The van der Waals surface area contributed by atoms with E-state index in [0.717, 1.165) is 24.5 Å². The second-order valence-corrected chi connectivity index (χ2v) is 8.12. The van der Waals surface area contributed by atoms with Gasteiger partial charge in [-0.25, -0.2) is 13.4 Å². The first kappa shape index (κ1) is 15.2. The van der Waals surface area contributed by atoms with Crippen molar-refractivity contribution in [1.82, 2.24) is 9.97 Å². The van der Waals surface area contributed by atoms with Gasteiger partial charge in [-0.2, -0.15) is 0 Å². The summed E-state index contributed by atoms with van der Waals surface area (Å²) >= 11 is 0. The quantitative estimate of drug-likeness (QED) is 0.836. The monoisotopic (exact) mass is 345 g/mol. The molecule has 7 nitrogen and oxygen atoms in total. The van der Waals surface area contributed by atoms with Crippen molar-refractivity contribution in [3.63, 3.8) is 0 Å². The lowest BCUT2D eigenvalue weighted by Gasteiger charge is -2.36. The zero-order valence-corrected chi connectivity index (χ0v) is 14.4. The summed E-state index contributed by atoms with van der Waals surface area (Å²) in [7, 11) is 0.0904. The second-order valence-electron chi connectivity index (χ2n) is 6.30. The first-order valence-corrected chi connectivity index (χ1v) is 9.29. The molecule has 0 amide bonds. The number of aromatic nitrogens is 2. The van der Waals surface area contributed by atoms with E-state index in [9.17, 15) is 8.42 Å². The van der Waals surface area contributed by atoms with Crippen molar-refractivity contribution in [3.05, 3.63) is 36.8 Å². The lowest BCUT2D eigenvalue weighted by molar-refractivity contribution is 0.578. The number of nitrogens with zero attached hydrogens (tertiary/aromatic N) is 5. The summed E-state index contributed by atoms with van der Waals surface area (Å²) in [6.45, 7) is 1.56. The Bertz CT molecular complexity index is 866. The van der Waals surface area contributed by atoms with Gasteiger partial charge in [0.2, 0.25) is 0 Å². The van der Waals surface area contributed by atoms with Crippen molar-refractivity contribution < 1.29 is 8.42 Å². The molecule has 0 saturated carbocycles. The van der Waals surface area contributed by atoms with Crippen LogP contribution in [0.5, 0.6) is 0 Å². The molecule has 126 valence electrons. The van der Waals surface area contributed by atoms with E-state index < -0.39 is 10.0 Å². The molecule has 2 bridgehead atoms. The highest BCUT2D eigenvalue weighted by Gasteiger charge is 2.42. The third kappa shape index (κ3) is 2.21. The molecule has 1 atom stereocenters. The summed E-state index contributed by atoms with van der Waals surface area (Å²) in [6.07, 6.45) is 5.64. The van der Waals surface area contributed by atoms with E-state index in [0.29, 0.717) is 12.2 Å². The molecule has 2 aromatic heterocycles. The van der Waals surface area contributed by atoms with Crippen molar-refractivity contribution in [2.24, 2.45) is 0 Å². The number of sulfonamides is 1. The van der Waals surface area contributed by atoms with Gasteiger partial charge in [0.25, 0.3) is 10.0 Å². The fourth-order valence-corrected chi connectivity index (χ4v) is 5.02. The topological polar surface area (TPSA) is 69.6 Å². The Labute approximate surface area is 141 Å². The number of pyridine rings is 2. The molecule has 0 N–H and O–H groups in total. The third-order valence-electron chi connectivity index (χ3n) is 4.59. The molecule has 8 heteroatoms. The largest absolute Gasteiger partial charge is 0.366 e. The molecule has 0 aromatic carbocycles. The van der Waals surface area contributed by atoms with Gasteiger partial charge in [-0.15, -0.1) is 0 Å². The van der Waals surface area contributed by atoms with Crippen LogP contribution in [0.3, 0.4) is 0 Å². The highest BCUT2D eigenvalue weighted by atomic mass is 32.2. The van der Waals surface area contributed by atoms with Crippen LogP contribution in [0.1, 0.15) is 6.42 Å². The average Bonchev–Trinajstić information content (AvgIpc) is 2.99. The molecule has 1 saturated heterocycles. The van der Waals surface area contributed by atoms with Gasteiger partial charge >= 0.3 is 0 Å². The van der Waals surface area contributed by atoms with Gasteiger partial charge in [0.05, 0.1) is 23.6 Å². The molecule has 4 rings (SSSR count). The van der Waals surface area contributed by atoms with Crippen LogP contribution in [-0.4, -0.2) is 51.6 Å². The van der Waals surface area contributed by atoms with Crippen molar-refractivity contribution in [1.29, 1.82) is 0 Å². The van der Waals surface area contributed by atoms with Crippen molar-refractivity contribution in [2.75, 3.05) is 41.3 Å². The fraction of sp³-hybridized carbons (Fsp3) is 0.375. The van der Waals surface area contributed by atoms with Crippen molar-refractivity contribution >= 4 is 27.2 Å². The van der Waals surface area contributed by atoms with Gasteiger partial charge in [0.15, 0.2) is 0 Å². The van der Waals surface area contributed by atoms with E-state index in [1.807, 2.05) is 19.0 Å². The van der Waals surface area contributed by atoms with Gasteiger partial charge in [-0.05, 0) is 24.6 Å².